The predicted octanol–water partition coefficient (Wildman–Crippen LogP) is 2.42. The standard InChI is InChI=1S/C18H23FN4O2/c1-11(2)17-21-16(18(25)20-10-12-6-5-9-15(12)24)22-23(17)14-8-4-3-7-13(14)19/h3-4,7-8,11-12,15,24H,5-6,9-10H2,1-2H3,(H,20,25). The Labute approximate surface area is 146 Å². The zero-order chi connectivity index (χ0) is 18.0. The molecule has 1 heterocycles. The lowest BCUT2D eigenvalue weighted by Gasteiger charge is -2.14. The highest BCUT2D eigenvalue weighted by molar-refractivity contribution is 5.90. The van der Waals surface area contributed by atoms with E-state index in [2.05, 4.69) is 15.4 Å². The van der Waals surface area contributed by atoms with Crippen LogP contribution in [-0.4, -0.2) is 38.4 Å². The molecule has 0 radical (unpaired) electrons. The molecule has 2 unspecified atom stereocenters. The molecule has 1 amide bonds. The molecule has 6 nitrogen and oxygen atoms in total. The predicted molar refractivity (Wildman–Crippen MR) is 91.1 cm³/mol. The lowest BCUT2D eigenvalue weighted by molar-refractivity contribution is 0.0907. The summed E-state index contributed by atoms with van der Waals surface area (Å²) in [6.07, 6.45) is 2.28. The van der Waals surface area contributed by atoms with E-state index in [1.54, 1.807) is 18.2 Å². The van der Waals surface area contributed by atoms with Crippen molar-refractivity contribution < 1.29 is 14.3 Å². The molecule has 1 aromatic carbocycles. The first-order valence-electron chi connectivity index (χ1n) is 8.65. The monoisotopic (exact) mass is 346 g/mol. The van der Waals surface area contributed by atoms with Crippen LogP contribution in [0.15, 0.2) is 24.3 Å². The number of hydrogen-bond acceptors (Lipinski definition) is 4. The molecule has 0 spiro atoms. The number of carbonyl (C=O) groups excluding carboxylic acids is 1. The van der Waals surface area contributed by atoms with Crippen LogP contribution in [0.5, 0.6) is 0 Å². The Morgan fingerprint density at radius 2 is 2.16 bits per heavy atom. The summed E-state index contributed by atoms with van der Waals surface area (Å²) < 4.78 is 15.5. The van der Waals surface area contributed by atoms with Gasteiger partial charge in [0, 0.05) is 18.4 Å². The number of amides is 1. The van der Waals surface area contributed by atoms with Gasteiger partial charge in [0.05, 0.1) is 6.10 Å². The van der Waals surface area contributed by atoms with Crippen LogP contribution in [-0.2, 0) is 0 Å². The normalized spacial score (nSPS) is 20.2. The molecular formula is C18H23FN4O2. The molecule has 1 aliphatic carbocycles. The van der Waals surface area contributed by atoms with E-state index in [9.17, 15) is 14.3 Å². The van der Waals surface area contributed by atoms with E-state index in [1.807, 2.05) is 13.8 Å². The van der Waals surface area contributed by atoms with Gasteiger partial charge in [0.1, 0.15) is 17.3 Å². The Balaban J connectivity index is 1.81. The molecule has 1 fully saturated rings. The van der Waals surface area contributed by atoms with Gasteiger partial charge >= 0.3 is 0 Å². The average molecular weight is 346 g/mol. The van der Waals surface area contributed by atoms with Crippen molar-refractivity contribution in [3.05, 3.63) is 41.7 Å². The van der Waals surface area contributed by atoms with Crippen molar-refractivity contribution >= 4 is 5.91 Å². The number of para-hydroxylation sites is 1. The molecule has 7 heteroatoms. The Hall–Kier alpha value is -2.28. The summed E-state index contributed by atoms with van der Waals surface area (Å²) in [5.41, 5.74) is 0.268. The third-order valence-electron chi connectivity index (χ3n) is 4.58. The van der Waals surface area contributed by atoms with Crippen LogP contribution >= 0.6 is 0 Å². The van der Waals surface area contributed by atoms with Crippen LogP contribution in [0.25, 0.3) is 5.69 Å². The van der Waals surface area contributed by atoms with E-state index < -0.39 is 11.7 Å². The van der Waals surface area contributed by atoms with Crippen molar-refractivity contribution in [2.24, 2.45) is 5.92 Å². The van der Waals surface area contributed by atoms with Crippen molar-refractivity contribution in [3.8, 4) is 5.69 Å². The van der Waals surface area contributed by atoms with Crippen LogP contribution in [0.3, 0.4) is 0 Å². The highest BCUT2D eigenvalue weighted by Gasteiger charge is 2.27. The van der Waals surface area contributed by atoms with Gasteiger partial charge in [-0.15, -0.1) is 5.10 Å². The third kappa shape index (κ3) is 3.71. The van der Waals surface area contributed by atoms with Crippen LogP contribution in [0.4, 0.5) is 4.39 Å². The van der Waals surface area contributed by atoms with Crippen LogP contribution in [0.1, 0.15) is 55.5 Å². The Bertz CT molecular complexity index is 759. The van der Waals surface area contributed by atoms with Gasteiger partial charge < -0.3 is 10.4 Å². The minimum absolute atomic E-state index is 0.0134. The first kappa shape index (κ1) is 17.5. The van der Waals surface area contributed by atoms with Crippen LogP contribution in [0, 0.1) is 11.7 Å². The van der Waals surface area contributed by atoms with Gasteiger partial charge in [-0.1, -0.05) is 32.4 Å². The van der Waals surface area contributed by atoms with E-state index in [-0.39, 0.29) is 29.5 Å². The molecule has 134 valence electrons. The zero-order valence-electron chi connectivity index (χ0n) is 14.4. The minimum Gasteiger partial charge on any atom is -0.393 e. The number of aromatic nitrogens is 3. The van der Waals surface area contributed by atoms with Crippen LogP contribution in [0.2, 0.25) is 0 Å². The van der Waals surface area contributed by atoms with Crippen molar-refractivity contribution in [3.63, 3.8) is 0 Å². The number of carbonyl (C=O) groups is 1. The fraction of sp³-hybridized carbons (Fsp3) is 0.500. The van der Waals surface area contributed by atoms with Gasteiger partial charge in [-0.2, -0.15) is 0 Å². The highest BCUT2D eigenvalue weighted by atomic mass is 19.1. The summed E-state index contributed by atoms with van der Waals surface area (Å²) in [6.45, 7) is 4.22. The molecule has 3 rings (SSSR count). The number of aliphatic hydroxyl groups excluding tert-OH is 1. The lowest BCUT2D eigenvalue weighted by Crippen LogP contribution is -2.33. The largest absolute Gasteiger partial charge is 0.393 e. The van der Waals surface area contributed by atoms with Crippen molar-refractivity contribution in [2.75, 3.05) is 6.54 Å². The van der Waals surface area contributed by atoms with E-state index in [4.69, 9.17) is 0 Å². The second-order valence-electron chi connectivity index (χ2n) is 6.78. The highest BCUT2D eigenvalue weighted by Crippen LogP contribution is 2.25. The average Bonchev–Trinajstić information content (AvgIpc) is 3.19. The maximum absolute atomic E-state index is 14.1. The fourth-order valence-corrected chi connectivity index (χ4v) is 3.15. The number of benzene rings is 1. The van der Waals surface area contributed by atoms with Gasteiger partial charge in [0.15, 0.2) is 0 Å². The molecule has 0 bridgehead atoms. The molecule has 0 aliphatic heterocycles. The number of nitrogens with one attached hydrogen (secondary N) is 1. The van der Waals surface area contributed by atoms with E-state index >= 15 is 0 Å². The summed E-state index contributed by atoms with van der Waals surface area (Å²) in [4.78, 5) is 16.7. The maximum atomic E-state index is 14.1. The SMILES string of the molecule is CC(C)c1nc(C(=O)NCC2CCCC2O)nn1-c1ccccc1F. The molecule has 0 saturated heterocycles. The van der Waals surface area contributed by atoms with Crippen molar-refractivity contribution in [1.82, 2.24) is 20.1 Å². The minimum atomic E-state index is -0.421. The number of nitrogens with zero attached hydrogens (tertiary/aromatic N) is 3. The second-order valence-corrected chi connectivity index (χ2v) is 6.78. The van der Waals surface area contributed by atoms with Gasteiger partial charge in [0.2, 0.25) is 5.82 Å². The number of hydrogen-bond donors (Lipinski definition) is 2. The molecule has 1 saturated carbocycles. The fourth-order valence-electron chi connectivity index (χ4n) is 3.15. The van der Waals surface area contributed by atoms with Gasteiger partial charge in [-0.3, -0.25) is 4.79 Å². The Morgan fingerprint density at radius 1 is 1.40 bits per heavy atom. The maximum Gasteiger partial charge on any atom is 0.290 e. The smallest absolute Gasteiger partial charge is 0.290 e. The topological polar surface area (TPSA) is 80.0 Å². The summed E-state index contributed by atoms with van der Waals surface area (Å²) in [6, 6.07) is 6.27. The van der Waals surface area contributed by atoms with Crippen molar-refractivity contribution in [2.45, 2.75) is 45.1 Å². The number of aliphatic hydroxyl groups is 1. The molecule has 1 aromatic heterocycles. The van der Waals surface area contributed by atoms with Gasteiger partial charge in [-0.05, 0) is 25.0 Å². The van der Waals surface area contributed by atoms with E-state index in [0.717, 1.165) is 19.3 Å². The first-order chi connectivity index (χ1) is 12.0. The summed E-state index contributed by atoms with van der Waals surface area (Å²) in [5, 5.41) is 16.8. The Kier molecular flexibility index (Phi) is 5.13. The molecule has 2 aromatic rings. The molecule has 25 heavy (non-hydrogen) atoms. The summed E-state index contributed by atoms with van der Waals surface area (Å²) in [5.74, 6) is -0.241. The quantitative estimate of drug-likeness (QED) is 0.871. The van der Waals surface area contributed by atoms with Crippen LogP contribution < -0.4 is 5.32 Å². The summed E-state index contributed by atoms with van der Waals surface area (Å²) >= 11 is 0. The van der Waals surface area contributed by atoms with Gasteiger partial charge in [0.25, 0.3) is 5.91 Å². The van der Waals surface area contributed by atoms with Crippen molar-refractivity contribution in [1.29, 1.82) is 0 Å². The Morgan fingerprint density at radius 3 is 2.80 bits per heavy atom. The second kappa shape index (κ2) is 7.31. The summed E-state index contributed by atoms with van der Waals surface area (Å²) in [7, 11) is 0. The molecule has 2 atom stereocenters. The molecular weight excluding hydrogens is 323 g/mol. The number of rotatable bonds is 5. The zero-order valence-corrected chi connectivity index (χ0v) is 14.4. The first-order valence-corrected chi connectivity index (χ1v) is 8.65. The lowest BCUT2D eigenvalue weighted by atomic mass is 10.1. The van der Waals surface area contributed by atoms with E-state index in [0.29, 0.717) is 12.4 Å². The molecule has 2 N–H and O–H groups in total. The molecule has 1 aliphatic rings. The number of halogens is 1. The van der Waals surface area contributed by atoms with Gasteiger partial charge in [-0.25, -0.2) is 14.1 Å². The van der Waals surface area contributed by atoms with E-state index in [1.165, 1.54) is 10.7 Å². The third-order valence-corrected chi connectivity index (χ3v) is 4.58.